The van der Waals surface area contributed by atoms with Gasteiger partial charge in [-0.1, -0.05) is 23.7 Å². The second-order valence-electron chi connectivity index (χ2n) is 4.52. The van der Waals surface area contributed by atoms with Gasteiger partial charge in [0.15, 0.2) is 0 Å². The number of benzene rings is 1. The van der Waals surface area contributed by atoms with E-state index in [9.17, 15) is 4.79 Å². The van der Waals surface area contributed by atoms with E-state index in [2.05, 4.69) is 20.9 Å². The first-order valence-corrected chi connectivity index (χ1v) is 9.77. The molecule has 0 N–H and O–H groups in total. The molecule has 0 spiro atoms. The summed E-state index contributed by atoms with van der Waals surface area (Å²) in [5.74, 6) is 2.34. The molecule has 1 aromatic heterocycles. The van der Waals surface area contributed by atoms with Crippen LogP contribution in [0.2, 0.25) is 5.15 Å². The van der Waals surface area contributed by atoms with Crippen LogP contribution in [0.1, 0.15) is 20.5 Å². The van der Waals surface area contributed by atoms with Gasteiger partial charge in [0.2, 0.25) is 0 Å². The zero-order chi connectivity index (χ0) is 15.5. The Kier molecular flexibility index (Phi) is 5.33. The first-order valence-electron chi connectivity index (χ1n) is 6.50. The first-order chi connectivity index (χ1) is 10.6. The van der Waals surface area contributed by atoms with Crippen molar-refractivity contribution in [2.24, 2.45) is 0 Å². The van der Waals surface area contributed by atoms with Gasteiger partial charge >= 0.3 is 5.97 Å². The van der Waals surface area contributed by atoms with E-state index in [0.717, 1.165) is 0 Å². The molecule has 2 heterocycles. The third-order valence-electron chi connectivity index (χ3n) is 3.01. The van der Waals surface area contributed by atoms with Crippen molar-refractivity contribution in [1.29, 1.82) is 0 Å². The van der Waals surface area contributed by atoms with Crippen LogP contribution in [0.25, 0.3) is 0 Å². The fourth-order valence-corrected chi connectivity index (χ4v) is 5.34. The van der Waals surface area contributed by atoms with E-state index in [1.54, 1.807) is 6.07 Å². The zero-order valence-corrected chi connectivity index (χ0v) is 15.3. The van der Waals surface area contributed by atoms with Crippen LogP contribution in [0.5, 0.6) is 5.75 Å². The Bertz CT molecular complexity index is 690. The van der Waals surface area contributed by atoms with E-state index in [1.165, 1.54) is 23.3 Å². The lowest BCUT2D eigenvalue weighted by Gasteiger charge is -2.10. The fraction of sp³-hybridized carbons (Fsp3) is 0.200. The van der Waals surface area contributed by atoms with Gasteiger partial charge in [0.1, 0.15) is 10.9 Å². The lowest BCUT2D eigenvalue weighted by molar-refractivity contribution is 0.0734. The van der Waals surface area contributed by atoms with Gasteiger partial charge in [-0.05, 0) is 39.7 Å². The van der Waals surface area contributed by atoms with E-state index in [1.807, 2.05) is 47.8 Å². The predicted octanol–water partition coefficient (Wildman–Crippen LogP) is 5.20. The van der Waals surface area contributed by atoms with Gasteiger partial charge in [-0.3, -0.25) is 0 Å². The molecule has 0 aliphatic carbocycles. The minimum atomic E-state index is -0.517. The van der Waals surface area contributed by atoms with Crippen LogP contribution < -0.4 is 4.74 Å². The Balaban J connectivity index is 1.72. The number of esters is 1. The normalized spacial score (nSPS) is 15.0. The SMILES string of the molecule is O=C(Oc1ccc(C2SCCS2)cc1)c1cc(Br)cnc1Cl. The summed E-state index contributed by atoms with van der Waals surface area (Å²) in [7, 11) is 0. The number of ether oxygens (including phenoxy) is 1. The van der Waals surface area contributed by atoms with Gasteiger partial charge < -0.3 is 4.74 Å². The number of thioether (sulfide) groups is 2. The molecule has 0 saturated carbocycles. The van der Waals surface area contributed by atoms with E-state index < -0.39 is 5.97 Å². The molecule has 2 aromatic rings. The highest BCUT2D eigenvalue weighted by molar-refractivity contribution is 9.10. The van der Waals surface area contributed by atoms with E-state index in [-0.39, 0.29) is 10.7 Å². The van der Waals surface area contributed by atoms with E-state index in [4.69, 9.17) is 16.3 Å². The van der Waals surface area contributed by atoms with Crippen molar-refractivity contribution in [3.8, 4) is 5.75 Å². The second kappa shape index (κ2) is 7.25. The second-order valence-corrected chi connectivity index (χ2v) is 8.52. The van der Waals surface area contributed by atoms with Gasteiger partial charge in [-0.25, -0.2) is 9.78 Å². The molecule has 1 fully saturated rings. The molecule has 114 valence electrons. The van der Waals surface area contributed by atoms with E-state index in [0.29, 0.717) is 14.8 Å². The smallest absolute Gasteiger partial charge is 0.346 e. The molecule has 1 aliphatic heterocycles. The van der Waals surface area contributed by atoms with Crippen LogP contribution in [-0.2, 0) is 0 Å². The molecule has 3 nitrogen and oxygen atoms in total. The number of carbonyl (C=O) groups excluding carboxylic acids is 1. The Morgan fingerprint density at radius 1 is 1.27 bits per heavy atom. The van der Waals surface area contributed by atoms with Crippen molar-refractivity contribution in [3.63, 3.8) is 0 Å². The molecular formula is C15H11BrClNO2S2. The van der Waals surface area contributed by atoms with Gasteiger partial charge in [0.25, 0.3) is 0 Å². The van der Waals surface area contributed by atoms with Crippen molar-refractivity contribution in [3.05, 3.63) is 57.3 Å². The van der Waals surface area contributed by atoms with Crippen LogP contribution in [0, 0.1) is 0 Å². The van der Waals surface area contributed by atoms with Gasteiger partial charge in [0.05, 0.1) is 10.1 Å². The molecule has 0 unspecified atom stereocenters. The van der Waals surface area contributed by atoms with Crippen LogP contribution in [0.3, 0.4) is 0 Å². The Hall–Kier alpha value is -0.690. The summed E-state index contributed by atoms with van der Waals surface area (Å²) < 4.78 is 6.51. The number of hydrogen-bond acceptors (Lipinski definition) is 5. The van der Waals surface area contributed by atoms with Crippen molar-refractivity contribution < 1.29 is 9.53 Å². The summed E-state index contributed by atoms with van der Waals surface area (Å²) in [5, 5.41) is 0.128. The Labute approximate surface area is 150 Å². The lowest BCUT2D eigenvalue weighted by atomic mass is 10.2. The molecule has 0 amide bonds. The molecule has 3 rings (SSSR count). The van der Waals surface area contributed by atoms with Crippen LogP contribution >= 0.6 is 51.1 Å². The molecule has 1 aliphatic rings. The highest BCUT2D eigenvalue weighted by Gasteiger charge is 2.19. The number of halogens is 2. The Morgan fingerprint density at radius 2 is 1.95 bits per heavy atom. The summed E-state index contributed by atoms with van der Waals surface area (Å²) >= 11 is 13.1. The molecule has 0 atom stereocenters. The quantitative estimate of drug-likeness (QED) is 0.391. The highest BCUT2D eigenvalue weighted by Crippen LogP contribution is 2.45. The first kappa shape index (κ1) is 16.2. The third-order valence-corrected chi connectivity index (χ3v) is 6.85. The maximum Gasteiger partial charge on any atom is 0.346 e. The molecule has 22 heavy (non-hydrogen) atoms. The summed E-state index contributed by atoms with van der Waals surface area (Å²) in [4.78, 5) is 16.1. The molecule has 1 aromatic carbocycles. The molecule has 7 heteroatoms. The minimum absolute atomic E-state index is 0.128. The van der Waals surface area contributed by atoms with Crippen molar-refractivity contribution in [2.45, 2.75) is 4.58 Å². The Morgan fingerprint density at radius 3 is 2.64 bits per heavy atom. The molecular weight excluding hydrogens is 406 g/mol. The number of nitrogens with zero attached hydrogens (tertiary/aromatic N) is 1. The predicted molar refractivity (Wildman–Crippen MR) is 96.0 cm³/mol. The summed E-state index contributed by atoms with van der Waals surface area (Å²) in [6.45, 7) is 0. The number of pyridine rings is 1. The lowest BCUT2D eigenvalue weighted by Crippen LogP contribution is -2.10. The molecule has 0 radical (unpaired) electrons. The molecule has 0 bridgehead atoms. The topological polar surface area (TPSA) is 39.2 Å². The van der Waals surface area contributed by atoms with Gasteiger partial charge in [-0.2, -0.15) is 0 Å². The zero-order valence-electron chi connectivity index (χ0n) is 11.3. The number of hydrogen-bond donors (Lipinski definition) is 0. The molecule has 1 saturated heterocycles. The van der Waals surface area contributed by atoms with Crippen molar-refractivity contribution in [2.75, 3.05) is 11.5 Å². The van der Waals surface area contributed by atoms with Crippen LogP contribution in [-0.4, -0.2) is 22.5 Å². The number of aromatic nitrogens is 1. The third kappa shape index (κ3) is 3.79. The average molecular weight is 417 g/mol. The summed E-state index contributed by atoms with van der Waals surface area (Å²) in [6, 6.07) is 9.22. The standard InChI is InChI=1S/C15H11BrClNO2S2/c16-10-7-12(13(17)18-8-10)14(19)20-11-3-1-9(2-4-11)15-21-5-6-22-15/h1-4,7-8,15H,5-6H2. The van der Waals surface area contributed by atoms with E-state index >= 15 is 0 Å². The maximum atomic E-state index is 12.2. The summed E-state index contributed by atoms with van der Waals surface area (Å²) in [6.07, 6.45) is 1.53. The van der Waals surface area contributed by atoms with Crippen LogP contribution in [0.4, 0.5) is 0 Å². The number of rotatable bonds is 3. The highest BCUT2D eigenvalue weighted by atomic mass is 79.9. The monoisotopic (exact) mass is 415 g/mol. The maximum absolute atomic E-state index is 12.2. The van der Waals surface area contributed by atoms with Crippen molar-refractivity contribution in [1.82, 2.24) is 4.98 Å². The number of carbonyl (C=O) groups is 1. The van der Waals surface area contributed by atoms with Gasteiger partial charge in [0, 0.05) is 22.2 Å². The fourth-order valence-electron chi connectivity index (χ4n) is 1.97. The average Bonchev–Trinajstić information content (AvgIpc) is 3.05. The minimum Gasteiger partial charge on any atom is -0.423 e. The van der Waals surface area contributed by atoms with Gasteiger partial charge in [-0.15, -0.1) is 23.5 Å². The van der Waals surface area contributed by atoms with Crippen LogP contribution in [0.15, 0.2) is 41.0 Å². The van der Waals surface area contributed by atoms with Crippen molar-refractivity contribution >= 4 is 57.0 Å². The largest absolute Gasteiger partial charge is 0.423 e. The summed E-state index contributed by atoms with van der Waals surface area (Å²) in [5.41, 5.74) is 1.48.